The molecule has 1 aliphatic carbocycles. The summed E-state index contributed by atoms with van der Waals surface area (Å²) < 4.78 is 29.3. The average Bonchev–Trinajstić information content (AvgIpc) is 3.41. The van der Waals surface area contributed by atoms with Gasteiger partial charge in [0.25, 0.3) is 0 Å². The molecule has 8 heteroatoms. The van der Waals surface area contributed by atoms with Crippen LogP contribution in [0.5, 0.6) is 5.88 Å². The molecule has 7 nitrogen and oxygen atoms in total. The molecule has 0 atom stereocenters. The highest BCUT2D eigenvalue weighted by molar-refractivity contribution is 7.92. The van der Waals surface area contributed by atoms with Gasteiger partial charge < -0.3 is 15.0 Å². The fraction of sp³-hybridized carbons (Fsp3) is 0.667. The van der Waals surface area contributed by atoms with Gasteiger partial charge in [-0.15, -0.1) is 0 Å². The molecule has 1 saturated heterocycles. The smallest absolute Gasteiger partial charge is 0.213 e. The summed E-state index contributed by atoms with van der Waals surface area (Å²) in [6, 6.07) is 3.88. The molecule has 3 rings (SSSR count). The number of aliphatic imine (C=N–C) groups is 1. The minimum Gasteiger partial charge on any atom is -0.477 e. The molecule has 2 heterocycles. The Morgan fingerprint density at radius 3 is 2.88 bits per heavy atom. The molecule has 0 bridgehead atoms. The van der Waals surface area contributed by atoms with Crippen LogP contribution in [0, 0.1) is 5.92 Å². The Labute approximate surface area is 155 Å². The van der Waals surface area contributed by atoms with Gasteiger partial charge in [-0.05, 0) is 44.2 Å². The molecule has 0 spiro atoms. The highest BCUT2D eigenvalue weighted by Gasteiger charge is 2.40. The Morgan fingerprint density at radius 1 is 1.46 bits per heavy atom. The molecule has 0 amide bonds. The van der Waals surface area contributed by atoms with Gasteiger partial charge in [0, 0.05) is 38.9 Å². The van der Waals surface area contributed by atoms with E-state index < -0.39 is 14.6 Å². The van der Waals surface area contributed by atoms with Crippen molar-refractivity contribution in [3.8, 4) is 5.88 Å². The van der Waals surface area contributed by atoms with Crippen molar-refractivity contribution in [2.75, 3.05) is 32.5 Å². The van der Waals surface area contributed by atoms with Crippen molar-refractivity contribution in [2.24, 2.45) is 10.9 Å². The molecule has 0 aromatic carbocycles. The first-order valence-corrected chi connectivity index (χ1v) is 10.7. The van der Waals surface area contributed by atoms with Gasteiger partial charge in [0.05, 0.1) is 17.1 Å². The Balaban J connectivity index is 1.58. The first kappa shape index (κ1) is 18.9. The molecule has 0 unspecified atom stereocenters. The Kier molecular flexibility index (Phi) is 5.41. The van der Waals surface area contributed by atoms with Crippen molar-refractivity contribution >= 4 is 15.8 Å². The van der Waals surface area contributed by atoms with E-state index in [0.717, 1.165) is 12.2 Å². The lowest BCUT2D eigenvalue weighted by Crippen LogP contribution is -2.57. The van der Waals surface area contributed by atoms with Gasteiger partial charge in [-0.3, -0.25) is 4.99 Å². The van der Waals surface area contributed by atoms with Crippen molar-refractivity contribution < 1.29 is 13.2 Å². The first-order chi connectivity index (χ1) is 12.3. The number of guanidine groups is 1. The molecule has 1 aliphatic heterocycles. The van der Waals surface area contributed by atoms with Crippen LogP contribution in [0.1, 0.15) is 32.3 Å². The molecule has 2 aliphatic rings. The van der Waals surface area contributed by atoms with E-state index in [9.17, 15) is 8.42 Å². The number of sulfone groups is 1. The number of ether oxygens (including phenoxy) is 1. The van der Waals surface area contributed by atoms with Crippen LogP contribution in [-0.4, -0.2) is 61.5 Å². The van der Waals surface area contributed by atoms with Crippen LogP contribution in [0.25, 0.3) is 0 Å². The van der Waals surface area contributed by atoms with Crippen molar-refractivity contribution in [1.29, 1.82) is 0 Å². The second-order valence-electron chi connectivity index (χ2n) is 7.66. The second kappa shape index (κ2) is 7.42. The summed E-state index contributed by atoms with van der Waals surface area (Å²) in [7, 11) is -1.35. The van der Waals surface area contributed by atoms with Gasteiger partial charge in [0.1, 0.15) is 0 Å². The van der Waals surface area contributed by atoms with Gasteiger partial charge in [0.2, 0.25) is 5.88 Å². The predicted molar refractivity (Wildman–Crippen MR) is 102 cm³/mol. The van der Waals surface area contributed by atoms with Crippen LogP contribution in [0.3, 0.4) is 0 Å². The lowest BCUT2D eigenvalue weighted by atomic mass is 10.2. The predicted octanol–water partition coefficient (Wildman–Crippen LogP) is 1.45. The number of hydrogen-bond acceptors (Lipinski definition) is 5. The standard InChI is InChI=1S/C18H28N4O3S/c1-18(2)13-22(8-9-26(18,23)24)17(19-3)21-11-15-6-7-20-16(10-15)25-12-14-4-5-14/h6-7,10,14H,4-5,8-9,11-13H2,1-3H3,(H,19,21). The largest absolute Gasteiger partial charge is 0.477 e. The summed E-state index contributed by atoms with van der Waals surface area (Å²) in [5.74, 6) is 2.20. The fourth-order valence-corrected chi connectivity index (χ4v) is 4.33. The monoisotopic (exact) mass is 380 g/mol. The molecular formula is C18H28N4O3S. The molecule has 2 fully saturated rings. The van der Waals surface area contributed by atoms with E-state index in [-0.39, 0.29) is 5.75 Å². The lowest BCUT2D eigenvalue weighted by Gasteiger charge is -2.39. The van der Waals surface area contributed by atoms with Crippen molar-refractivity contribution in [2.45, 2.75) is 38.0 Å². The van der Waals surface area contributed by atoms with Gasteiger partial charge in [0.15, 0.2) is 15.8 Å². The van der Waals surface area contributed by atoms with E-state index in [0.29, 0.717) is 37.4 Å². The summed E-state index contributed by atoms with van der Waals surface area (Å²) in [6.45, 7) is 5.75. The van der Waals surface area contributed by atoms with Crippen molar-refractivity contribution in [3.05, 3.63) is 23.9 Å². The van der Waals surface area contributed by atoms with Crippen LogP contribution < -0.4 is 10.1 Å². The highest BCUT2D eigenvalue weighted by Crippen LogP contribution is 2.29. The van der Waals surface area contributed by atoms with E-state index in [4.69, 9.17) is 4.74 Å². The van der Waals surface area contributed by atoms with E-state index in [1.165, 1.54) is 12.8 Å². The second-order valence-corrected chi connectivity index (χ2v) is 10.4. The fourth-order valence-electron chi connectivity index (χ4n) is 2.96. The summed E-state index contributed by atoms with van der Waals surface area (Å²) in [6.07, 6.45) is 4.25. The summed E-state index contributed by atoms with van der Waals surface area (Å²) >= 11 is 0. The summed E-state index contributed by atoms with van der Waals surface area (Å²) in [5, 5.41) is 3.32. The topological polar surface area (TPSA) is 83.9 Å². The van der Waals surface area contributed by atoms with Gasteiger partial charge >= 0.3 is 0 Å². The van der Waals surface area contributed by atoms with E-state index in [2.05, 4.69) is 15.3 Å². The first-order valence-electron chi connectivity index (χ1n) is 9.06. The van der Waals surface area contributed by atoms with Crippen molar-refractivity contribution in [1.82, 2.24) is 15.2 Å². The number of pyridine rings is 1. The normalized spacial score (nSPS) is 22.1. The van der Waals surface area contributed by atoms with Crippen LogP contribution in [0.2, 0.25) is 0 Å². The number of aromatic nitrogens is 1. The van der Waals surface area contributed by atoms with Crippen LogP contribution >= 0.6 is 0 Å². The third-order valence-corrected chi connectivity index (χ3v) is 7.50. The maximum absolute atomic E-state index is 12.2. The maximum atomic E-state index is 12.2. The Bertz CT molecular complexity index is 772. The molecule has 144 valence electrons. The summed E-state index contributed by atoms with van der Waals surface area (Å²) in [5.41, 5.74) is 1.05. The van der Waals surface area contributed by atoms with Crippen molar-refractivity contribution in [3.63, 3.8) is 0 Å². The number of rotatable bonds is 5. The molecule has 26 heavy (non-hydrogen) atoms. The van der Waals surface area contributed by atoms with Gasteiger partial charge in [-0.1, -0.05) is 0 Å². The zero-order chi connectivity index (χ0) is 18.8. The van der Waals surface area contributed by atoms with E-state index in [1.54, 1.807) is 27.1 Å². The molecule has 1 N–H and O–H groups in total. The molecule has 1 saturated carbocycles. The third-order valence-electron chi connectivity index (χ3n) is 4.97. The highest BCUT2D eigenvalue weighted by atomic mass is 32.2. The average molecular weight is 381 g/mol. The minimum atomic E-state index is -3.07. The molecule has 0 radical (unpaired) electrons. The summed E-state index contributed by atoms with van der Waals surface area (Å²) in [4.78, 5) is 10.6. The number of nitrogens with zero attached hydrogens (tertiary/aromatic N) is 3. The molecular weight excluding hydrogens is 352 g/mol. The SMILES string of the molecule is CN=C(NCc1ccnc(OCC2CC2)c1)N1CCS(=O)(=O)C(C)(C)C1. The van der Waals surface area contributed by atoms with Gasteiger partial charge in [-0.2, -0.15) is 0 Å². The third kappa shape index (κ3) is 4.47. The zero-order valence-corrected chi connectivity index (χ0v) is 16.6. The Hall–Kier alpha value is -1.83. The van der Waals surface area contributed by atoms with Crippen LogP contribution in [0.15, 0.2) is 23.3 Å². The lowest BCUT2D eigenvalue weighted by molar-refractivity contribution is 0.288. The molecule has 1 aromatic rings. The minimum absolute atomic E-state index is 0.148. The van der Waals surface area contributed by atoms with Crippen LogP contribution in [0.4, 0.5) is 0 Å². The Morgan fingerprint density at radius 2 is 2.23 bits per heavy atom. The maximum Gasteiger partial charge on any atom is 0.213 e. The van der Waals surface area contributed by atoms with E-state index >= 15 is 0 Å². The van der Waals surface area contributed by atoms with Crippen LogP contribution in [-0.2, 0) is 16.4 Å². The van der Waals surface area contributed by atoms with E-state index in [1.807, 2.05) is 17.0 Å². The number of hydrogen-bond donors (Lipinski definition) is 1. The molecule has 1 aromatic heterocycles. The van der Waals surface area contributed by atoms with Gasteiger partial charge in [-0.25, -0.2) is 13.4 Å². The zero-order valence-electron chi connectivity index (χ0n) is 15.7. The number of nitrogens with one attached hydrogen (secondary N) is 1. The quantitative estimate of drug-likeness (QED) is 0.615.